The molecule has 142 valence electrons. The first kappa shape index (κ1) is 17.8. The topological polar surface area (TPSA) is 86.0 Å². The zero-order valence-electron chi connectivity index (χ0n) is 15.6. The van der Waals surface area contributed by atoms with Crippen molar-refractivity contribution in [1.29, 1.82) is 0 Å². The van der Waals surface area contributed by atoms with E-state index in [-0.39, 0.29) is 24.5 Å². The van der Waals surface area contributed by atoms with Gasteiger partial charge in [-0.15, -0.1) is 0 Å². The number of methoxy groups -OCH3 is 1. The molecule has 0 saturated carbocycles. The van der Waals surface area contributed by atoms with E-state index in [2.05, 4.69) is 9.97 Å². The summed E-state index contributed by atoms with van der Waals surface area (Å²) in [5.41, 5.74) is 2.68. The van der Waals surface area contributed by atoms with E-state index in [1.165, 1.54) is 0 Å². The van der Waals surface area contributed by atoms with Crippen molar-refractivity contribution < 1.29 is 23.7 Å². The molecule has 0 amide bonds. The van der Waals surface area contributed by atoms with Crippen LogP contribution in [0.25, 0.3) is 21.8 Å². The fourth-order valence-electron chi connectivity index (χ4n) is 3.17. The van der Waals surface area contributed by atoms with Crippen molar-refractivity contribution in [3.8, 4) is 5.75 Å². The van der Waals surface area contributed by atoms with Crippen LogP contribution < -0.4 is 4.74 Å². The van der Waals surface area contributed by atoms with Crippen LogP contribution in [-0.2, 0) is 20.8 Å². The molecular formula is C20H22N2O5. The summed E-state index contributed by atoms with van der Waals surface area (Å²) in [5, 5.41) is 1.77. The van der Waals surface area contributed by atoms with Crippen molar-refractivity contribution in [1.82, 2.24) is 9.97 Å². The second-order valence-corrected chi connectivity index (χ2v) is 6.83. The highest BCUT2D eigenvalue weighted by molar-refractivity contribution is 6.13. The van der Waals surface area contributed by atoms with Crippen molar-refractivity contribution >= 4 is 27.8 Å². The highest BCUT2D eigenvalue weighted by Gasteiger charge is 2.25. The number of fused-ring (bicyclic) bond motifs is 3. The van der Waals surface area contributed by atoms with Gasteiger partial charge in [0.05, 0.1) is 36.5 Å². The number of hydrogen-bond acceptors (Lipinski definition) is 6. The number of aromatic amines is 1. The lowest BCUT2D eigenvalue weighted by Crippen LogP contribution is -2.16. The minimum Gasteiger partial charge on any atom is -0.490 e. The fourth-order valence-corrected chi connectivity index (χ4v) is 3.17. The van der Waals surface area contributed by atoms with Crippen LogP contribution in [0.2, 0.25) is 0 Å². The molecule has 2 aromatic heterocycles. The summed E-state index contributed by atoms with van der Waals surface area (Å²) >= 11 is 0. The van der Waals surface area contributed by atoms with Gasteiger partial charge in [-0.25, -0.2) is 9.78 Å². The van der Waals surface area contributed by atoms with Crippen LogP contribution in [0, 0.1) is 0 Å². The molecule has 4 rings (SSSR count). The highest BCUT2D eigenvalue weighted by Crippen LogP contribution is 2.36. The van der Waals surface area contributed by atoms with E-state index < -0.39 is 5.97 Å². The third-order valence-corrected chi connectivity index (χ3v) is 4.38. The largest absolute Gasteiger partial charge is 0.490 e. The molecule has 7 heteroatoms. The summed E-state index contributed by atoms with van der Waals surface area (Å²) in [7, 11) is 1.59. The number of hydrogen-bond donors (Lipinski definition) is 1. The third-order valence-electron chi connectivity index (χ3n) is 4.38. The summed E-state index contributed by atoms with van der Waals surface area (Å²) in [6.45, 7) is 5.08. The molecule has 1 unspecified atom stereocenters. The summed E-state index contributed by atoms with van der Waals surface area (Å²) in [5.74, 6) is 0.277. The lowest BCUT2D eigenvalue weighted by molar-refractivity contribution is 0.0366. The Bertz CT molecular complexity index is 991. The molecule has 0 aliphatic carbocycles. The van der Waals surface area contributed by atoms with E-state index >= 15 is 0 Å². The molecule has 1 atom stereocenters. The number of nitrogens with one attached hydrogen (secondary N) is 1. The molecule has 1 fully saturated rings. The number of rotatable bonds is 7. The van der Waals surface area contributed by atoms with Crippen LogP contribution in [0.4, 0.5) is 0 Å². The van der Waals surface area contributed by atoms with Crippen LogP contribution in [0.3, 0.4) is 0 Å². The lowest BCUT2D eigenvalue weighted by atomic mass is 10.0. The Morgan fingerprint density at radius 2 is 2.15 bits per heavy atom. The molecule has 1 aromatic carbocycles. The first-order valence-corrected chi connectivity index (χ1v) is 8.95. The van der Waals surface area contributed by atoms with Gasteiger partial charge in [0.2, 0.25) is 0 Å². The number of aromatic nitrogens is 2. The van der Waals surface area contributed by atoms with Gasteiger partial charge in [0.15, 0.2) is 5.69 Å². The van der Waals surface area contributed by atoms with E-state index in [1.807, 2.05) is 32.0 Å². The normalized spacial score (nSPS) is 16.2. The summed E-state index contributed by atoms with van der Waals surface area (Å²) < 4.78 is 22.0. The number of epoxide rings is 1. The molecule has 7 nitrogen and oxygen atoms in total. The summed E-state index contributed by atoms with van der Waals surface area (Å²) in [6, 6.07) is 5.82. The van der Waals surface area contributed by atoms with Gasteiger partial charge in [-0.2, -0.15) is 0 Å². The van der Waals surface area contributed by atoms with Gasteiger partial charge in [0.25, 0.3) is 0 Å². The van der Waals surface area contributed by atoms with Crippen molar-refractivity contribution in [2.45, 2.75) is 32.7 Å². The molecule has 1 aliphatic rings. The van der Waals surface area contributed by atoms with Crippen molar-refractivity contribution in [2.24, 2.45) is 0 Å². The predicted octanol–water partition coefficient (Wildman–Crippen LogP) is 3.21. The van der Waals surface area contributed by atoms with Gasteiger partial charge in [0.1, 0.15) is 18.5 Å². The minimum atomic E-state index is -0.460. The number of pyridine rings is 1. The van der Waals surface area contributed by atoms with Gasteiger partial charge >= 0.3 is 5.97 Å². The molecule has 1 aliphatic heterocycles. The number of H-pyrrole nitrogens is 1. The van der Waals surface area contributed by atoms with Crippen LogP contribution in [0.5, 0.6) is 5.75 Å². The number of ether oxygens (including phenoxy) is 4. The van der Waals surface area contributed by atoms with Crippen molar-refractivity contribution in [3.63, 3.8) is 0 Å². The average molecular weight is 370 g/mol. The van der Waals surface area contributed by atoms with Gasteiger partial charge in [-0.1, -0.05) is 6.07 Å². The van der Waals surface area contributed by atoms with Crippen molar-refractivity contribution in [2.75, 3.05) is 20.3 Å². The Labute approximate surface area is 156 Å². The number of carbonyl (C=O) groups excluding carboxylic acids is 1. The highest BCUT2D eigenvalue weighted by atomic mass is 16.6. The SMILES string of the molecule is COCc1c(C(=O)OC(C)C)ncc2[nH]c3cccc(OCC4CO4)c3c12. The minimum absolute atomic E-state index is 0.155. The Balaban J connectivity index is 1.89. The van der Waals surface area contributed by atoms with Gasteiger partial charge in [-0.05, 0) is 26.0 Å². The third kappa shape index (κ3) is 3.48. The number of carbonyl (C=O) groups is 1. The zero-order chi connectivity index (χ0) is 19.0. The first-order valence-electron chi connectivity index (χ1n) is 8.95. The van der Waals surface area contributed by atoms with Crippen LogP contribution >= 0.6 is 0 Å². The van der Waals surface area contributed by atoms with E-state index in [0.29, 0.717) is 12.2 Å². The molecular weight excluding hydrogens is 348 g/mol. The van der Waals surface area contributed by atoms with Gasteiger partial charge in [-0.3, -0.25) is 0 Å². The molecule has 1 saturated heterocycles. The quantitative estimate of drug-likeness (QED) is 0.508. The van der Waals surface area contributed by atoms with Gasteiger partial charge in [0, 0.05) is 23.4 Å². The fraction of sp³-hybridized carbons (Fsp3) is 0.400. The molecule has 27 heavy (non-hydrogen) atoms. The Hall–Kier alpha value is -2.64. The molecule has 0 radical (unpaired) electrons. The van der Waals surface area contributed by atoms with Crippen LogP contribution in [0.1, 0.15) is 29.9 Å². The molecule has 1 N–H and O–H groups in total. The maximum absolute atomic E-state index is 12.6. The Morgan fingerprint density at radius 3 is 2.85 bits per heavy atom. The Kier molecular flexibility index (Phi) is 4.72. The number of nitrogens with zero attached hydrogens (tertiary/aromatic N) is 1. The standard InChI is InChI=1S/C20H22N2O5/c1-11(2)27-20(23)19-13(10-24-3)17-15(7-21-19)22-14-5-4-6-16(18(14)17)26-9-12-8-25-12/h4-7,11-12,22H,8-10H2,1-3H3. The second kappa shape index (κ2) is 7.17. The van der Waals surface area contributed by atoms with E-state index in [9.17, 15) is 4.79 Å². The maximum Gasteiger partial charge on any atom is 0.357 e. The van der Waals surface area contributed by atoms with E-state index in [4.69, 9.17) is 18.9 Å². The predicted molar refractivity (Wildman–Crippen MR) is 100 cm³/mol. The number of benzene rings is 1. The first-order chi connectivity index (χ1) is 13.1. The zero-order valence-corrected chi connectivity index (χ0v) is 15.6. The number of esters is 1. The van der Waals surface area contributed by atoms with Gasteiger partial charge < -0.3 is 23.9 Å². The molecule has 3 heterocycles. The van der Waals surface area contributed by atoms with E-state index in [0.717, 1.165) is 34.2 Å². The summed E-state index contributed by atoms with van der Waals surface area (Å²) in [4.78, 5) is 20.2. The van der Waals surface area contributed by atoms with Crippen molar-refractivity contribution in [3.05, 3.63) is 35.7 Å². The van der Waals surface area contributed by atoms with Crippen LogP contribution in [0.15, 0.2) is 24.4 Å². The average Bonchev–Trinajstić information content (AvgIpc) is 3.37. The monoisotopic (exact) mass is 370 g/mol. The maximum atomic E-state index is 12.6. The smallest absolute Gasteiger partial charge is 0.357 e. The molecule has 0 bridgehead atoms. The lowest BCUT2D eigenvalue weighted by Gasteiger charge is -2.12. The second-order valence-electron chi connectivity index (χ2n) is 6.83. The Morgan fingerprint density at radius 1 is 1.33 bits per heavy atom. The molecule has 0 spiro atoms. The van der Waals surface area contributed by atoms with Crippen LogP contribution in [-0.4, -0.2) is 48.5 Å². The van der Waals surface area contributed by atoms with E-state index in [1.54, 1.807) is 13.3 Å². The molecule has 3 aromatic rings. The summed E-state index contributed by atoms with van der Waals surface area (Å²) in [6.07, 6.45) is 1.58.